The molecule has 2 amide bonds. The lowest BCUT2D eigenvalue weighted by Crippen LogP contribution is -2.36. The molecule has 8 nitrogen and oxygen atoms in total. The Kier molecular flexibility index (Phi) is 7.10. The molecule has 2 aromatic rings. The van der Waals surface area contributed by atoms with Gasteiger partial charge in [0.1, 0.15) is 11.5 Å². The lowest BCUT2D eigenvalue weighted by molar-refractivity contribution is 0.0118. The van der Waals surface area contributed by atoms with Crippen LogP contribution in [0.5, 0.6) is 0 Å². The normalized spacial score (nSPS) is 23.7. The number of likely N-dealkylation sites (tertiary alicyclic amines) is 1. The van der Waals surface area contributed by atoms with Crippen LogP contribution in [0.1, 0.15) is 72.3 Å². The van der Waals surface area contributed by atoms with Crippen molar-refractivity contribution in [2.45, 2.75) is 83.5 Å². The van der Waals surface area contributed by atoms with Crippen molar-refractivity contribution in [1.29, 1.82) is 0 Å². The average molecular weight is 508 g/mol. The predicted molar refractivity (Wildman–Crippen MR) is 130 cm³/mol. The number of nitrogens with zero attached hydrogens (tertiary/aromatic N) is 3. The van der Waals surface area contributed by atoms with Gasteiger partial charge in [-0.3, -0.25) is 9.59 Å². The Bertz CT molecular complexity index is 1120. The first-order valence-corrected chi connectivity index (χ1v) is 12.7. The number of pyridine rings is 1. The van der Waals surface area contributed by atoms with Crippen molar-refractivity contribution in [3.8, 4) is 10.4 Å². The molecule has 35 heavy (non-hydrogen) atoms. The fourth-order valence-corrected chi connectivity index (χ4v) is 5.70. The number of rotatable bonds is 6. The van der Waals surface area contributed by atoms with Crippen LogP contribution in [0.25, 0.3) is 10.4 Å². The van der Waals surface area contributed by atoms with Gasteiger partial charge < -0.3 is 20.6 Å². The molecule has 2 fully saturated rings. The molecule has 0 radical (unpaired) electrons. The Morgan fingerprint density at radius 2 is 2.06 bits per heavy atom. The van der Waals surface area contributed by atoms with Crippen LogP contribution in [0.3, 0.4) is 0 Å². The minimum Gasteiger partial charge on any atom is -0.393 e. The molecule has 1 aliphatic carbocycles. The maximum absolute atomic E-state index is 14.0. The summed E-state index contributed by atoms with van der Waals surface area (Å²) < 4.78 is 28.1. The zero-order chi connectivity index (χ0) is 25.5. The number of alkyl halides is 2. The Morgan fingerprint density at radius 3 is 2.63 bits per heavy atom. The number of hydrogen-bond acceptors (Lipinski definition) is 7. The van der Waals surface area contributed by atoms with Crippen LogP contribution in [0, 0.1) is 6.92 Å². The average Bonchev–Trinajstić information content (AvgIpc) is 3.44. The minimum absolute atomic E-state index is 0.0226. The third-order valence-electron chi connectivity index (χ3n) is 6.34. The van der Waals surface area contributed by atoms with E-state index in [2.05, 4.69) is 20.6 Å². The Hall–Kier alpha value is -2.66. The molecule has 1 saturated heterocycles. The largest absolute Gasteiger partial charge is 0.393 e. The van der Waals surface area contributed by atoms with E-state index >= 15 is 0 Å². The first-order chi connectivity index (χ1) is 16.4. The number of carbonyl (C=O) groups is 2. The predicted octanol–water partition coefficient (Wildman–Crippen LogP) is 3.85. The van der Waals surface area contributed by atoms with Gasteiger partial charge in [0.25, 0.3) is 17.7 Å². The molecule has 1 saturated carbocycles. The molecule has 0 unspecified atom stereocenters. The van der Waals surface area contributed by atoms with Crippen LogP contribution in [0.2, 0.25) is 0 Å². The fraction of sp³-hybridized carbons (Fsp3) is 0.583. The molecule has 3 atom stereocenters. The zero-order valence-corrected chi connectivity index (χ0v) is 21.1. The van der Waals surface area contributed by atoms with Crippen molar-refractivity contribution in [3.63, 3.8) is 0 Å². The number of aliphatic hydroxyl groups excluding tert-OH is 1. The quantitative estimate of drug-likeness (QED) is 0.548. The first kappa shape index (κ1) is 25.4. The Labute approximate surface area is 207 Å². The Balaban J connectivity index is 1.70. The number of amides is 2. The summed E-state index contributed by atoms with van der Waals surface area (Å²) in [6, 6.07) is 1.19. The van der Waals surface area contributed by atoms with Gasteiger partial charge in [-0.05, 0) is 58.6 Å². The molecule has 3 N–H and O–H groups in total. The lowest BCUT2D eigenvalue weighted by atomic mass is 10.1. The van der Waals surface area contributed by atoms with Crippen molar-refractivity contribution in [2.24, 2.45) is 0 Å². The fourth-order valence-electron chi connectivity index (χ4n) is 4.67. The molecule has 3 heterocycles. The highest BCUT2D eigenvalue weighted by Gasteiger charge is 2.46. The lowest BCUT2D eigenvalue weighted by Gasteiger charge is -2.20. The molecule has 0 aromatic carbocycles. The van der Waals surface area contributed by atoms with Gasteiger partial charge in [-0.2, -0.15) is 0 Å². The van der Waals surface area contributed by atoms with Gasteiger partial charge in [0.15, 0.2) is 5.01 Å². The molecule has 1 aliphatic heterocycles. The van der Waals surface area contributed by atoms with Crippen LogP contribution < -0.4 is 10.6 Å². The van der Waals surface area contributed by atoms with Crippen LogP contribution in [0.4, 0.5) is 14.6 Å². The van der Waals surface area contributed by atoms with Gasteiger partial charge in [-0.15, -0.1) is 11.3 Å². The van der Waals surface area contributed by atoms with E-state index in [1.54, 1.807) is 13.1 Å². The van der Waals surface area contributed by atoms with Crippen molar-refractivity contribution >= 4 is 29.0 Å². The summed E-state index contributed by atoms with van der Waals surface area (Å²) in [5, 5.41) is 15.9. The van der Waals surface area contributed by atoms with Crippen LogP contribution in [0.15, 0.2) is 12.3 Å². The molecule has 4 rings (SSSR count). The van der Waals surface area contributed by atoms with Gasteiger partial charge in [-0.1, -0.05) is 0 Å². The second-order valence-electron chi connectivity index (χ2n) is 9.86. The summed E-state index contributed by atoms with van der Waals surface area (Å²) in [6.45, 7) is 6.75. The van der Waals surface area contributed by atoms with Gasteiger partial charge in [-0.25, -0.2) is 18.7 Å². The summed E-state index contributed by atoms with van der Waals surface area (Å²) >= 11 is 1.05. The number of aromatic nitrogens is 2. The minimum atomic E-state index is -2.96. The summed E-state index contributed by atoms with van der Waals surface area (Å²) in [5.74, 6) is -3.36. The number of aryl methyl sites for hydroxylation is 1. The van der Waals surface area contributed by atoms with E-state index in [0.717, 1.165) is 21.8 Å². The SMILES string of the molecule is Cc1cc(NC(C)C)ncc1-c1sc(C(=O)N[C@@H]2CC[C@@H](O)C2)nc1C(=O)N1CC(F)(F)C[C@@H]1C. The van der Waals surface area contributed by atoms with E-state index in [1.807, 2.05) is 26.8 Å². The molecule has 11 heteroatoms. The van der Waals surface area contributed by atoms with Crippen molar-refractivity contribution in [2.75, 3.05) is 11.9 Å². The second kappa shape index (κ2) is 9.77. The van der Waals surface area contributed by atoms with Gasteiger partial charge >= 0.3 is 0 Å². The molecule has 2 aromatic heterocycles. The topological polar surface area (TPSA) is 107 Å². The maximum atomic E-state index is 14.0. The maximum Gasteiger partial charge on any atom is 0.280 e. The van der Waals surface area contributed by atoms with Crippen LogP contribution in [-0.2, 0) is 0 Å². The van der Waals surface area contributed by atoms with Gasteiger partial charge in [0.05, 0.1) is 17.5 Å². The summed E-state index contributed by atoms with van der Waals surface area (Å²) in [7, 11) is 0. The van der Waals surface area contributed by atoms with Gasteiger partial charge in [0, 0.05) is 36.3 Å². The van der Waals surface area contributed by atoms with E-state index in [9.17, 15) is 23.5 Å². The highest BCUT2D eigenvalue weighted by molar-refractivity contribution is 7.17. The van der Waals surface area contributed by atoms with E-state index in [0.29, 0.717) is 35.5 Å². The third-order valence-corrected chi connectivity index (χ3v) is 7.43. The van der Waals surface area contributed by atoms with E-state index in [1.165, 1.54) is 0 Å². The highest BCUT2D eigenvalue weighted by atomic mass is 32.1. The number of thiazole rings is 1. The molecule has 0 bridgehead atoms. The molecular formula is C24H31F2N5O3S. The number of hydrogen-bond donors (Lipinski definition) is 3. The second-order valence-corrected chi connectivity index (χ2v) is 10.9. The number of aliphatic hydroxyl groups is 1. The van der Waals surface area contributed by atoms with Crippen LogP contribution in [-0.4, -0.2) is 68.5 Å². The molecule has 0 spiro atoms. The Morgan fingerprint density at radius 1 is 1.31 bits per heavy atom. The summed E-state index contributed by atoms with van der Waals surface area (Å²) in [4.78, 5) is 36.7. The van der Waals surface area contributed by atoms with E-state index in [4.69, 9.17) is 0 Å². The number of anilines is 1. The van der Waals surface area contributed by atoms with E-state index < -0.39 is 42.8 Å². The zero-order valence-electron chi connectivity index (χ0n) is 20.3. The van der Waals surface area contributed by atoms with Crippen molar-refractivity contribution in [3.05, 3.63) is 28.5 Å². The third kappa shape index (κ3) is 5.61. The van der Waals surface area contributed by atoms with Crippen molar-refractivity contribution in [1.82, 2.24) is 20.2 Å². The van der Waals surface area contributed by atoms with Gasteiger partial charge in [0.2, 0.25) is 0 Å². The van der Waals surface area contributed by atoms with Crippen molar-refractivity contribution < 1.29 is 23.5 Å². The first-order valence-electron chi connectivity index (χ1n) is 11.9. The summed E-state index contributed by atoms with van der Waals surface area (Å²) in [6.07, 6.45) is 2.48. The highest BCUT2D eigenvalue weighted by Crippen LogP contribution is 2.37. The standard InChI is InChI=1S/C24H31F2N5O3S/c1-12(2)28-18-7-13(3)17(10-27-18)20-19(23(34)31-11-24(25,26)9-14(31)4)30-22(35-20)21(33)29-15-5-6-16(32)8-15/h7,10,12,14-16,32H,5-6,8-9,11H2,1-4H3,(H,27,28)(H,29,33)/t14-,15+,16+/m0/s1. The number of carbonyl (C=O) groups excluding carboxylic acids is 2. The number of nitrogens with one attached hydrogen (secondary N) is 2. The monoisotopic (exact) mass is 507 g/mol. The molecular weight excluding hydrogens is 476 g/mol. The summed E-state index contributed by atoms with van der Waals surface area (Å²) in [5.41, 5.74) is 1.41. The smallest absolute Gasteiger partial charge is 0.280 e. The van der Waals surface area contributed by atoms with E-state index in [-0.39, 0.29) is 22.8 Å². The number of halogens is 2. The molecule has 190 valence electrons. The van der Waals surface area contributed by atoms with Crippen LogP contribution >= 0.6 is 11.3 Å². The molecule has 2 aliphatic rings.